The van der Waals surface area contributed by atoms with Crippen LogP contribution in [0, 0.1) is 5.82 Å². The van der Waals surface area contributed by atoms with E-state index >= 15 is 0 Å². The zero-order valence-electron chi connectivity index (χ0n) is 21.9. The maximum atomic E-state index is 14.6. The van der Waals surface area contributed by atoms with Crippen LogP contribution >= 0.6 is 11.3 Å². The third-order valence-corrected chi connectivity index (χ3v) is 7.38. The van der Waals surface area contributed by atoms with E-state index in [1.54, 1.807) is 45.2 Å². The SMILES string of the molecule is CC(C)(C)OC(=O)Nc1sc(-c2ccccc2F)nc1C(=O)Nc1cnn(C2CC2)c1N1CCCCCC1. The number of nitrogens with zero attached hydrogens (tertiary/aromatic N) is 4. The molecule has 0 atom stereocenters. The number of rotatable bonds is 6. The Morgan fingerprint density at radius 2 is 1.79 bits per heavy atom. The Bertz CT molecular complexity index is 1320. The van der Waals surface area contributed by atoms with Crippen molar-refractivity contribution in [3.05, 3.63) is 42.0 Å². The lowest BCUT2D eigenvalue weighted by Gasteiger charge is -2.25. The zero-order valence-corrected chi connectivity index (χ0v) is 22.7. The van der Waals surface area contributed by atoms with E-state index in [4.69, 9.17) is 4.74 Å². The normalized spacial score (nSPS) is 16.2. The first kappa shape index (κ1) is 26.1. The van der Waals surface area contributed by atoms with Gasteiger partial charge in [0.2, 0.25) is 0 Å². The maximum Gasteiger partial charge on any atom is 0.412 e. The van der Waals surface area contributed by atoms with Crippen LogP contribution < -0.4 is 15.5 Å². The molecule has 9 nitrogen and oxygen atoms in total. The highest BCUT2D eigenvalue weighted by Gasteiger charge is 2.32. The van der Waals surface area contributed by atoms with Crippen molar-refractivity contribution in [2.75, 3.05) is 28.6 Å². The van der Waals surface area contributed by atoms with Crippen LogP contribution in [-0.4, -0.2) is 45.5 Å². The van der Waals surface area contributed by atoms with E-state index in [9.17, 15) is 14.0 Å². The summed E-state index contributed by atoms with van der Waals surface area (Å²) in [6.45, 7) is 7.06. The van der Waals surface area contributed by atoms with Crippen molar-refractivity contribution in [1.29, 1.82) is 0 Å². The molecule has 0 unspecified atom stereocenters. The molecule has 1 saturated carbocycles. The number of aromatic nitrogens is 3. The number of hydrogen-bond donors (Lipinski definition) is 2. The first-order valence-electron chi connectivity index (χ1n) is 13.1. The number of carbonyl (C=O) groups is 2. The average Bonchev–Trinajstić information content (AvgIpc) is 3.57. The Labute approximate surface area is 225 Å². The quantitative estimate of drug-likeness (QED) is 0.372. The second-order valence-electron chi connectivity index (χ2n) is 10.7. The largest absolute Gasteiger partial charge is 0.444 e. The van der Waals surface area contributed by atoms with Gasteiger partial charge in [0, 0.05) is 18.7 Å². The zero-order chi connectivity index (χ0) is 26.9. The predicted octanol–water partition coefficient (Wildman–Crippen LogP) is 6.46. The summed E-state index contributed by atoms with van der Waals surface area (Å²) < 4.78 is 22.0. The minimum absolute atomic E-state index is 0.0138. The minimum atomic E-state index is -0.731. The van der Waals surface area contributed by atoms with Crippen LogP contribution in [0.4, 0.5) is 25.7 Å². The summed E-state index contributed by atoms with van der Waals surface area (Å²) in [5, 5.41) is 10.7. The van der Waals surface area contributed by atoms with E-state index in [1.807, 2.05) is 4.68 Å². The second-order valence-corrected chi connectivity index (χ2v) is 11.7. The number of ether oxygens (including phenoxy) is 1. The molecule has 1 saturated heterocycles. The topological polar surface area (TPSA) is 101 Å². The van der Waals surface area contributed by atoms with E-state index < -0.39 is 23.4 Å². The average molecular weight is 541 g/mol. The third kappa shape index (κ3) is 5.98. The van der Waals surface area contributed by atoms with Gasteiger partial charge in [0.25, 0.3) is 5.91 Å². The lowest BCUT2D eigenvalue weighted by Crippen LogP contribution is -2.28. The molecular formula is C27H33FN6O3S. The van der Waals surface area contributed by atoms with Crippen molar-refractivity contribution in [3.63, 3.8) is 0 Å². The molecule has 3 aromatic rings. The number of benzene rings is 1. The number of hydrogen-bond acceptors (Lipinski definition) is 7. The van der Waals surface area contributed by atoms with Gasteiger partial charge in [-0.15, -0.1) is 0 Å². The summed E-state index contributed by atoms with van der Waals surface area (Å²) in [7, 11) is 0. The van der Waals surface area contributed by atoms with Gasteiger partial charge in [-0.1, -0.05) is 36.3 Å². The van der Waals surface area contributed by atoms with Gasteiger partial charge in [-0.25, -0.2) is 18.9 Å². The molecule has 202 valence electrons. The van der Waals surface area contributed by atoms with E-state index in [0.29, 0.717) is 11.7 Å². The van der Waals surface area contributed by atoms with E-state index in [-0.39, 0.29) is 21.3 Å². The van der Waals surface area contributed by atoms with Crippen molar-refractivity contribution in [2.24, 2.45) is 0 Å². The Hall–Kier alpha value is -3.47. The summed E-state index contributed by atoms with van der Waals surface area (Å²) in [5.41, 5.74) is 0.105. The summed E-state index contributed by atoms with van der Waals surface area (Å²) >= 11 is 1.02. The lowest BCUT2D eigenvalue weighted by molar-refractivity contribution is 0.0636. The van der Waals surface area contributed by atoms with Gasteiger partial charge < -0.3 is 15.0 Å². The Morgan fingerprint density at radius 3 is 2.45 bits per heavy atom. The monoisotopic (exact) mass is 540 g/mol. The van der Waals surface area contributed by atoms with Crippen molar-refractivity contribution in [1.82, 2.24) is 14.8 Å². The van der Waals surface area contributed by atoms with Gasteiger partial charge >= 0.3 is 6.09 Å². The summed E-state index contributed by atoms with van der Waals surface area (Å²) in [6, 6.07) is 6.54. The summed E-state index contributed by atoms with van der Waals surface area (Å²) in [4.78, 5) is 33.0. The molecular weight excluding hydrogens is 507 g/mol. The fourth-order valence-corrected chi connectivity index (χ4v) is 5.49. The van der Waals surface area contributed by atoms with E-state index in [0.717, 1.165) is 55.9 Å². The molecule has 1 aromatic carbocycles. The predicted molar refractivity (Wildman–Crippen MR) is 146 cm³/mol. The van der Waals surface area contributed by atoms with Crippen molar-refractivity contribution < 1.29 is 18.7 Å². The van der Waals surface area contributed by atoms with Gasteiger partial charge in [-0.3, -0.25) is 10.1 Å². The molecule has 3 heterocycles. The third-order valence-electron chi connectivity index (χ3n) is 6.38. The number of nitrogens with one attached hydrogen (secondary N) is 2. The van der Waals surface area contributed by atoms with Crippen molar-refractivity contribution in [3.8, 4) is 10.6 Å². The molecule has 11 heteroatoms. The van der Waals surface area contributed by atoms with Crippen LogP contribution in [0.5, 0.6) is 0 Å². The second kappa shape index (κ2) is 10.7. The Kier molecular flexibility index (Phi) is 7.38. The van der Waals surface area contributed by atoms with E-state index in [2.05, 4.69) is 25.6 Å². The van der Waals surface area contributed by atoms with Gasteiger partial charge in [0.1, 0.15) is 27.1 Å². The molecule has 1 aliphatic carbocycles. The summed E-state index contributed by atoms with van der Waals surface area (Å²) in [6.07, 6.45) is 7.65. The van der Waals surface area contributed by atoms with E-state index in [1.165, 1.54) is 18.9 Å². The van der Waals surface area contributed by atoms with Crippen LogP contribution in [0.1, 0.15) is 75.8 Å². The molecule has 38 heavy (non-hydrogen) atoms. The summed E-state index contributed by atoms with van der Waals surface area (Å²) in [5.74, 6) is -0.0681. The lowest BCUT2D eigenvalue weighted by atomic mass is 10.2. The van der Waals surface area contributed by atoms with Gasteiger partial charge in [0.15, 0.2) is 11.5 Å². The maximum absolute atomic E-state index is 14.6. The molecule has 2 fully saturated rings. The van der Waals surface area contributed by atoms with Gasteiger partial charge in [-0.2, -0.15) is 5.10 Å². The van der Waals surface area contributed by atoms with Crippen LogP contribution in [0.15, 0.2) is 30.5 Å². The first-order chi connectivity index (χ1) is 18.2. The van der Waals surface area contributed by atoms with Gasteiger partial charge in [-0.05, 0) is 58.6 Å². The highest BCUT2D eigenvalue weighted by molar-refractivity contribution is 7.19. The number of halogens is 1. The number of thiazole rings is 1. The standard InChI is InChI=1S/C27H33FN6O3S/c1-27(2,3)37-26(36)32-24-21(31-23(38-24)18-10-6-7-11-19(18)28)22(35)30-20-16-29-34(17-12-13-17)25(20)33-14-8-4-5-9-15-33/h6-7,10-11,16-17H,4-5,8-9,12-15H2,1-3H3,(H,30,35)(H,32,36). The Morgan fingerprint density at radius 1 is 1.08 bits per heavy atom. The highest BCUT2D eigenvalue weighted by Crippen LogP contribution is 2.41. The van der Waals surface area contributed by atoms with Crippen LogP contribution in [0.3, 0.4) is 0 Å². The molecule has 2 aromatic heterocycles. The van der Waals surface area contributed by atoms with Crippen LogP contribution in [0.25, 0.3) is 10.6 Å². The smallest absolute Gasteiger partial charge is 0.412 e. The molecule has 0 bridgehead atoms. The number of amides is 2. The van der Waals surface area contributed by atoms with Gasteiger partial charge in [0.05, 0.1) is 12.2 Å². The Balaban J connectivity index is 1.47. The molecule has 5 rings (SSSR count). The number of carbonyl (C=O) groups excluding carboxylic acids is 2. The molecule has 0 spiro atoms. The molecule has 2 N–H and O–H groups in total. The fourth-order valence-electron chi connectivity index (χ4n) is 4.51. The highest BCUT2D eigenvalue weighted by atomic mass is 32.1. The number of anilines is 3. The molecule has 0 radical (unpaired) electrons. The first-order valence-corrected chi connectivity index (χ1v) is 13.9. The minimum Gasteiger partial charge on any atom is -0.444 e. The van der Waals surface area contributed by atoms with Crippen molar-refractivity contribution >= 4 is 39.8 Å². The molecule has 1 aliphatic heterocycles. The molecule has 2 amide bonds. The fraction of sp³-hybridized carbons (Fsp3) is 0.481. The van der Waals surface area contributed by atoms with Crippen molar-refractivity contribution in [2.45, 2.75) is 70.9 Å². The molecule has 2 aliphatic rings. The van der Waals surface area contributed by atoms with Crippen LogP contribution in [-0.2, 0) is 4.74 Å². The van der Waals surface area contributed by atoms with Crippen LogP contribution in [0.2, 0.25) is 0 Å².